The van der Waals surface area contributed by atoms with Crippen LogP contribution in [0.2, 0.25) is 0 Å². The number of rotatable bonds is 5. The number of likely N-dealkylation sites (tertiary alicyclic amines) is 1. The summed E-state index contributed by atoms with van der Waals surface area (Å²) in [5.41, 5.74) is 0.528. The second-order valence-corrected chi connectivity index (χ2v) is 8.32. The second kappa shape index (κ2) is 8.51. The number of carboxylic acids is 1. The summed E-state index contributed by atoms with van der Waals surface area (Å²) in [5, 5.41) is 11.5. The zero-order valence-electron chi connectivity index (χ0n) is 17.1. The number of nitrogens with zero attached hydrogens (tertiary/aromatic N) is 1. The Kier molecular flexibility index (Phi) is 5.91. The summed E-state index contributed by atoms with van der Waals surface area (Å²) in [6, 6.07) is -0.0640. The van der Waals surface area contributed by atoms with Crippen molar-refractivity contribution in [3.63, 3.8) is 0 Å². The van der Waals surface area contributed by atoms with Crippen LogP contribution in [0, 0.1) is 11.8 Å². The van der Waals surface area contributed by atoms with Gasteiger partial charge < -0.3 is 19.9 Å². The van der Waals surface area contributed by atoms with E-state index in [1.54, 1.807) is 18.2 Å². The molecule has 4 rings (SSSR count). The summed E-state index contributed by atoms with van der Waals surface area (Å²) in [7, 11) is 0. The minimum absolute atomic E-state index is 0.0121. The van der Waals surface area contributed by atoms with Crippen LogP contribution in [0.1, 0.15) is 37.7 Å². The first-order valence-corrected chi connectivity index (χ1v) is 10.5. The maximum atomic E-state index is 13.6. The highest BCUT2D eigenvalue weighted by Gasteiger charge is 2.56. The lowest BCUT2D eigenvalue weighted by Gasteiger charge is -2.44. The zero-order chi connectivity index (χ0) is 23.0. The molecule has 3 aliphatic rings. The molecule has 0 radical (unpaired) electrons. The van der Waals surface area contributed by atoms with Gasteiger partial charge in [-0.3, -0.25) is 4.79 Å². The number of carboxylic acid groups (broad SMARTS) is 1. The largest absolute Gasteiger partial charge is 0.480 e. The fourth-order valence-corrected chi connectivity index (χ4v) is 4.78. The van der Waals surface area contributed by atoms with Gasteiger partial charge in [0.1, 0.15) is 6.04 Å². The Balaban J connectivity index is 1.49. The van der Waals surface area contributed by atoms with Crippen LogP contribution in [0.3, 0.4) is 0 Å². The van der Waals surface area contributed by atoms with Crippen molar-refractivity contribution in [2.24, 2.45) is 11.8 Å². The first kappa shape index (κ1) is 22.2. The number of para-hydroxylation sites is 1. The highest BCUT2D eigenvalue weighted by molar-refractivity contribution is 6.07. The number of hydrogen-bond acceptors (Lipinski definition) is 5. The molecule has 1 aromatic carbocycles. The van der Waals surface area contributed by atoms with Crippen molar-refractivity contribution in [1.29, 1.82) is 0 Å². The molecule has 1 aromatic rings. The van der Waals surface area contributed by atoms with E-state index in [-0.39, 0.29) is 13.2 Å². The van der Waals surface area contributed by atoms with Crippen LogP contribution < -0.4 is 14.8 Å². The minimum atomic E-state index is -4.70. The molecule has 2 fully saturated rings. The number of benzene rings is 1. The third-order valence-corrected chi connectivity index (χ3v) is 6.36. The number of halogens is 3. The summed E-state index contributed by atoms with van der Waals surface area (Å²) < 4.78 is 51.5. The molecule has 174 valence electrons. The van der Waals surface area contributed by atoms with Gasteiger partial charge in [-0.05, 0) is 36.8 Å². The first-order chi connectivity index (χ1) is 15.2. The molecule has 2 N–H and O–H groups in total. The fourth-order valence-electron chi connectivity index (χ4n) is 4.78. The summed E-state index contributed by atoms with van der Waals surface area (Å²) in [6.45, 7) is -0.0121. The predicted octanol–water partition coefficient (Wildman–Crippen LogP) is 3.09. The van der Waals surface area contributed by atoms with Crippen molar-refractivity contribution < 1.29 is 42.1 Å². The first-order valence-electron chi connectivity index (χ1n) is 10.5. The molecule has 3 atom stereocenters. The van der Waals surface area contributed by atoms with Crippen LogP contribution in [0.15, 0.2) is 18.2 Å². The maximum Gasteiger partial charge on any atom is 0.408 e. The molecule has 1 saturated heterocycles. The van der Waals surface area contributed by atoms with E-state index in [0.717, 1.165) is 6.42 Å². The van der Waals surface area contributed by atoms with E-state index in [4.69, 9.17) is 9.47 Å². The van der Waals surface area contributed by atoms with Gasteiger partial charge in [-0.1, -0.05) is 31.4 Å². The van der Waals surface area contributed by atoms with Crippen molar-refractivity contribution in [3.8, 4) is 11.5 Å². The van der Waals surface area contributed by atoms with Crippen molar-refractivity contribution in [2.45, 2.75) is 56.8 Å². The minimum Gasteiger partial charge on any atom is -0.480 e. The average molecular weight is 456 g/mol. The third kappa shape index (κ3) is 4.07. The summed E-state index contributed by atoms with van der Waals surface area (Å²) in [5.74, 6) is -3.36. The molecule has 2 heterocycles. The second-order valence-electron chi connectivity index (χ2n) is 8.32. The maximum absolute atomic E-state index is 13.6. The van der Waals surface area contributed by atoms with Gasteiger partial charge in [0.25, 0.3) is 0 Å². The SMILES string of the molecule is O=C(O)C1C(Cc2cccc3c2OCO3)C(=O)N1C(=O)NC(C1CCCCC1)C(F)(F)F. The van der Waals surface area contributed by atoms with E-state index in [9.17, 15) is 32.7 Å². The van der Waals surface area contributed by atoms with Crippen molar-refractivity contribution in [1.82, 2.24) is 10.2 Å². The highest BCUT2D eigenvalue weighted by Crippen LogP contribution is 2.40. The topological polar surface area (TPSA) is 105 Å². The van der Waals surface area contributed by atoms with Gasteiger partial charge in [0.15, 0.2) is 17.5 Å². The molecule has 0 aromatic heterocycles. The summed E-state index contributed by atoms with van der Waals surface area (Å²) in [6.07, 6.45) is -2.04. The normalized spacial score (nSPS) is 24.1. The number of aliphatic carboxylic acids is 1. The number of hydrogen-bond donors (Lipinski definition) is 2. The Morgan fingerprint density at radius 2 is 1.91 bits per heavy atom. The van der Waals surface area contributed by atoms with Gasteiger partial charge in [0.2, 0.25) is 12.7 Å². The number of amides is 3. The molecule has 32 heavy (non-hydrogen) atoms. The van der Waals surface area contributed by atoms with Gasteiger partial charge in [0, 0.05) is 0 Å². The van der Waals surface area contributed by atoms with Crippen LogP contribution in [0.5, 0.6) is 11.5 Å². The van der Waals surface area contributed by atoms with E-state index in [1.807, 2.05) is 5.32 Å². The van der Waals surface area contributed by atoms with Crippen LogP contribution in [-0.4, -0.2) is 53.0 Å². The molecular formula is C21H23F3N2O6. The number of urea groups is 1. The summed E-state index contributed by atoms with van der Waals surface area (Å²) in [4.78, 5) is 37.5. The summed E-state index contributed by atoms with van der Waals surface area (Å²) >= 11 is 0. The van der Waals surface area contributed by atoms with E-state index in [0.29, 0.717) is 47.6 Å². The van der Waals surface area contributed by atoms with Gasteiger partial charge >= 0.3 is 18.2 Å². The van der Waals surface area contributed by atoms with Crippen molar-refractivity contribution >= 4 is 17.9 Å². The lowest BCUT2D eigenvalue weighted by Crippen LogP contribution is -2.70. The predicted molar refractivity (Wildman–Crippen MR) is 103 cm³/mol. The number of nitrogens with one attached hydrogen (secondary N) is 1. The molecule has 0 spiro atoms. The number of carbonyl (C=O) groups excluding carboxylic acids is 2. The van der Waals surface area contributed by atoms with E-state index >= 15 is 0 Å². The third-order valence-electron chi connectivity index (χ3n) is 6.36. The fraction of sp³-hybridized carbons (Fsp3) is 0.571. The molecule has 8 nitrogen and oxygen atoms in total. The quantitative estimate of drug-likeness (QED) is 0.660. The molecule has 3 unspecified atom stereocenters. The Hall–Kier alpha value is -2.98. The smallest absolute Gasteiger partial charge is 0.408 e. The Bertz CT molecular complexity index is 915. The van der Waals surface area contributed by atoms with E-state index in [2.05, 4.69) is 0 Å². The lowest BCUT2D eigenvalue weighted by molar-refractivity contribution is -0.172. The van der Waals surface area contributed by atoms with Crippen LogP contribution in [0.4, 0.5) is 18.0 Å². The highest BCUT2D eigenvalue weighted by atomic mass is 19.4. The van der Waals surface area contributed by atoms with Crippen molar-refractivity contribution in [3.05, 3.63) is 23.8 Å². The number of alkyl halides is 3. The van der Waals surface area contributed by atoms with Crippen LogP contribution >= 0.6 is 0 Å². The molecule has 11 heteroatoms. The van der Waals surface area contributed by atoms with E-state index in [1.165, 1.54) is 0 Å². The van der Waals surface area contributed by atoms with Gasteiger partial charge in [-0.15, -0.1) is 0 Å². The Morgan fingerprint density at radius 1 is 1.19 bits per heavy atom. The molecular weight excluding hydrogens is 433 g/mol. The number of imide groups is 1. The van der Waals surface area contributed by atoms with Crippen LogP contribution in [-0.2, 0) is 16.0 Å². The van der Waals surface area contributed by atoms with Crippen LogP contribution in [0.25, 0.3) is 0 Å². The monoisotopic (exact) mass is 456 g/mol. The lowest BCUT2D eigenvalue weighted by atomic mass is 9.81. The van der Waals surface area contributed by atoms with Gasteiger partial charge in [0.05, 0.1) is 5.92 Å². The van der Waals surface area contributed by atoms with Crippen molar-refractivity contribution in [2.75, 3.05) is 6.79 Å². The molecule has 2 aliphatic heterocycles. The van der Waals surface area contributed by atoms with Gasteiger partial charge in [-0.2, -0.15) is 13.2 Å². The molecule has 0 bridgehead atoms. The Labute approximate surface area is 181 Å². The number of ether oxygens (including phenoxy) is 2. The standard InChI is InChI=1S/C21H23F3N2O6/c22-21(23,24)17(11-5-2-1-3-6-11)25-20(30)26-15(19(28)29)13(18(26)27)9-12-7-4-8-14-16(12)32-10-31-14/h4,7-8,11,13,15,17H,1-3,5-6,9-10H2,(H,25,30)(H,28,29). The van der Waals surface area contributed by atoms with Gasteiger partial charge in [-0.25, -0.2) is 14.5 Å². The molecule has 3 amide bonds. The average Bonchev–Trinajstić information content (AvgIpc) is 3.22. The Morgan fingerprint density at radius 3 is 2.56 bits per heavy atom. The number of carbonyl (C=O) groups is 3. The zero-order valence-corrected chi connectivity index (χ0v) is 17.1. The number of β-lactam (4-membered cyclic amide) rings is 1. The molecule has 1 saturated carbocycles. The van der Waals surface area contributed by atoms with E-state index < -0.39 is 48.0 Å². The number of fused-ring (bicyclic) bond motifs is 1. The molecule has 1 aliphatic carbocycles.